The molecule has 2 atom stereocenters. The van der Waals surface area contributed by atoms with Gasteiger partial charge in [0, 0.05) is 22.0 Å². The molecule has 32 heavy (non-hydrogen) atoms. The van der Waals surface area contributed by atoms with Crippen molar-refractivity contribution in [3.05, 3.63) is 74.1 Å². The first kappa shape index (κ1) is 23.8. The molecule has 3 aromatic rings. The Bertz CT molecular complexity index is 1230. The standard InChI is InChI=1S/C23H23Cl2N3O4/c1-4-11-28-22(30)18-8-6-5-7-17(18)20(27-28)23(31)32-14(3)21(29)26-13(2)16-10-9-15(24)12-19(16)25/h5-10,12-14H,4,11H2,1-3H3,(H,26,29). The Morgan fingerprint density at radius 1 is 1.12 bits per heavy atom. The molecular weight excluding hydrogens is 453 g/mol. The summed E-state index contributed by atoms with van der Waals surface area (Å²) in [6, 6.07) is 11.2. The Labute approximate surface area is 195 Å². The van der Waals surface area contributed by atoms with Crippen molar-refractivity contribution in [3.63, 3.8) is 0 Å². The number of esters is 1. The smallest absolute Gasteiger partial charge is 0.360 e. The van der Waals surface area contributed by atoms with E-state index in [9.17, 15) is 14.4 Å². The fourth-order valence-electron chi connectivity index (χ4n) is 3.28. The molecule has 9 heteroatoms. The lowest BCUT2D eigenvalue weighted by atomic mass is 10.1. The molecule has 0 bridgehead atoms. The molecule has 3 rings (SSSR count). The maximum Gasteiger partial charge on any atom is 0.360 e. The van der Waals surface area contributed by atoms with Gasteiger partial charge in [-0.2, -0.15) is 5.10 Å². The van der Waals surface area contributed by atoms with Crippen LogP contribution in [0, 0.1) is 0 Å². The number of fused-ring (bicyclic) bond motifs is 1. The summed E-state index contributed by atoms with van der Waals surface area (Å²) < 4.78 is 6.63. The summed E-state index contributed by atoms with van der Waals surface area (Å²) in [5, 5.41) is 8.63. The van der Waals surface area contributed by atoms with Gasteiger partial charge in [-0.05, 0) is 44.0 Å². The Hall–Kier alpha value is -2.90. The van der Waals surface area contributed by atoms with E-state index in [4.69, 9.17) is 27.9 Å². The minimum atomic E-state index is -1.09. The van der Waals surface area contributed by atoms with Gasteiger partial charge in [0.25, 0.3) is 11.5 Å². The minimum absolute atomic E-state index is 0.0119. The predicted octanol–water partition coefficient (Wildman–Crippen LogP) is 4.54. The molecular formula is C23H23Cl2N3O4. The third-order valence-corrected chi connectivity index (χ3v) is 5.50. The fraction of sp³-hybridized carbons (Fsp3) is 0.304. The van der Waals surface area contributed by atoms with Crippen molar-refractivity contribution in [2.24, 2.45) is 0 Å². The van der Waals surface area contributed by atoms with E-state index in [1.165, 1.54) is 11.6 Å². The average Bonchev–Trinajstić information content (AvgIpc) is 2.75. The van der Waals surface area contributed by atoms with E-state index in [1.807, 2.05) is 6.92 Å². The van der Waals surface area contributed by atoms with Crippen LogP contribution in [0.15, 0.2) is 47.3 Å². The molecule has 1 amide bonds. The maximum absolute atomic E-state index is 12.9. The molecule has 1 aromatic heterocycles. The predicted molar refractivity (Wildman–Crippen MR) is 124 cm³/mol. The number of aryl methyl sites for hydroxylation is 1. The van der Waals surface area contributed by atoms with Crippen LogP contribution in [0.3, 0.4) is 0 Å². The van der Waals surface area contributed by atoms with Gasteiger partial charge in [-0.15, -0.1) is 0 Å². The van der Waals surface area contributed by atoms with Crippen LogP contribution >= 0.6 is 23.2 Å². The van der Waals surface area contributed by atoms with E-state index < -0.39 is 24.0 Å². The van der Waals surface area contributed by atoms with Gasteiger partial charge >= 0.3 is 5.97 Å². The summed E-state index contributed by atoms with van der Waals surface area (Å²) in [6.07, 6.45) is -0.424. The number of carbonyl (C=O) groups is 2. The normalized spacial score (nSPS) is 12.9. The Balaban J connectivity index is 1.79. The van der Waals surface area contributed by atoms with Crippen LogP contribution in [0.2, 0.25) is 10.0 Å². The highest BCUT2D eigenvalue weighted by Gasteiger charge is 2.24. The van der Waals surface area contributed by atoms with E-state index in [2.05, 4.69) is 10.4 Å². The van der Waals surface area contributed by atoms with Gasteiger partial charge in [-0.1, -0.05) is 54.4 Å². The van der Waals surface area contributed by atoms with Crippen LogP contribution in [0.5, 0.6) is 0 Å². The summed E-state index contributed by atoms with van der Waals surface area (Å²) in [5.74, 6) is -1.28. The van der Waals surface area contributed by atoms with Crippen LogP contribution in [0.1, 0.15) is 49.3 Å². The molecule has 0 saturated heterocycles. The van der Waals surface area contributed by atoms with Crippen LogP contribution < -0.4 is 10.9 Å². The molecule has 0 spiro atoms. The average molecular weight is 476 g/mol. The molecule has 2 unspecified atom stereocenters. The number of aromatic nitrogens is 2. The van der Waals surface area contributed by atoms with Gasteiger partial charge in [0.05, 0.1) is 11.4 Å². The number of benzene rings is 2. The second-order valence-electron chi connectivity index (χ2n) is 7.37. The highest BCUT2D eigenvalue weighted by molar-refractivity contribution is 6.35. The summed E-state index contributed by atoms with van der Waals surface area (Å²) in [4.78, 5) is 38.1. The molecule has 0 saturated carbocycles. The van der Waals surface area contributed by atoms with Gasteiger partial charge in [-0.3, -0.25) is 9.59 Å². The number of nitrogens with zero attached hydrogens (tertiary/aromatic N) is 2. The third kappa shape index (κ3) is 5.11. The van der Waals surface area contributed by atoms with Crippen molar-refractivity contribution in [3.8, 4) is 0 Å². The number of hydrogen-bond acceptors (Lipinski definition) is 5. The van der Waals surface area contributed by atoms with Crippen LogP contribution in [-0.4, -0.2) is 27.8 Å². The zero-order valence-corrected chi connectivity index (χ0v) is 19.4. The molecule has 2 aromatic carbocycles. The van der Waals surface area contributed by atoms with E-state index in [-0.39, 0.29) is 11.3 Å². The minimum Gasteiger partial charge on any atom is -0.448 e. The molecule has 7 nitrogen and oxygen atoms in total. The van der Waals surface area contributed by atoms with Gasteiger partial charge < -0.3 is 10.1 Å². The monoisotopic (exact) mass is 475 g/mol. The lowest BCUT2D eigenvalue weighted by molar-refractivity contribution is -0.129. The van der Waals surface area contributed by atoms with Crippen molar-refractivity contribution >= 4 is 45.9 Å². The molecule has 1 N–H and O–H groups in total. The van der Waals surface area contributed by atoms with E-state index in [1.54, 1.807) is 49.4 Å². The highest BCUT2D eigenvalue weighted by atomic mass is 35.5. The molecule has 0 radical (unpaired) electrons. The van der Waals surface area contributed by atoms with Crippen molar-refractivity contribution < 1.29 is 14.3 Å². The first-order valence-electron chi connectivity index (χ1n) is 10.2. The second kappa shape index (κ2) is 10.1. The Kier molecular flexibility index (Phi) is 7.53. The van der Waals surface area contributed by atoms with E-state index in [0.717, 1.165) is 0 Å². The number of nitrogens with one attached hydrogen (secondary N) is 1. The van der Waals surface area contributed by atoms with Crippen molar-refractivity contribution in [2.75, 3.05) is 0 Å². The number of ether oxygens (including phenoxy) is 1. The molecule has 0 aliphatic heterocycles. The van der Waals surface area contributed by atoms with Crippen molar-refractivity contribution in [1.29, 1.82) is 0 Å². The summed E-state index contributed by atoms with van der Waals surface area (Å²) >= 11 is 12.1. The van der Waals surface area contributed by atoms with Gasteiger partial charge in [0.1, 0.15) is 0 Å². The molecule has 0 aliphatic rings. The summed E-state index contributed by atoms with van der Waals surface area (Å²) in [5.41, 5.74) is 0.391. The SMILES string of the molecule is CCCn1nc(C(=O)OC(C)C(=O)NC(C)c2ccc(Cl)cc2Cl)c2ccccc2c1=O. The third-order valence-electron chi connectivity index (χ3n) is 4.94. The van der Waals surface area contributed by atoms with Crippen LogP contribution in [0.4, 0.5) is 0 Å². The largest absolute Gasteiger partial charge is 0.448 e. The van der Waals surface area contributed by atoms with Crippen LogP contribution in [0.25, 0.3) is 10.8 Å². The van der Waals surface area contributed by atoms with Gasteiger partial charge in [0.15, 0.2) is 11.8 Å². The number of hydrogen-bond donors (Lipinski definition) is 1. The fourth-order valence-corrected chi connectivity index (χ4v) is 3.85. The lowest BCUT2D eigenvalue weighted by Gasteiger charge is -2.19. The van der Waals surface area contributed by atoms with E-state index >= 15 is 0 Å². The highest BCUT2D eigenvalue weighted by Crippen LogP contribution is 2.26. The quantitative estimate of drug-likeness (QED) is 0.506. The zero-order chi connectivity index (χ0) is 23.4. The van der Waals surface area contributed by atoms with Gasteiger partial charge in [-0.25, -0.2) is 9.48 Å². The Morgan fingerprint density at radius 2 is 1.81 bits per heavy atom. The molecule has 1 heterocycles. The van der Waals surface area contributed by atoms with Crippen molar-refractivity contribution in [1.82, 2.24) is 15.1 Å². The first-order valence-corrected chi connectivity index (χ1v) is 10.9. The first-order chi connectivity index (χ1) is 15.2. The topological polar surface area (TPSA) is 90.3 Å². The van der Waals surface area contributed by atoms with Crippen molar-refractivity contribution in [2.45, 2.75) is 45.9 Å². The van der Waals surface area contributed by atoms with E-state index in [0.29, 0.717) is 39.3 Å². The molecule has 0 aliphatic carbocycles. The maximum atomic E-state index is 12.9. The van der Waals surface area contributed by atoms with Crippen LogP contribution in [-0.2, 0) is 16.1 Å². The number of rotatable bonds is 7. The molecule has 0 fully saturated rings. The number of halogens is 2. The summed E-state index contributed by atoms with van der Waals surface area (Å²) in [7, 11) is 0. The molecule has 168 valence electrons. The lowest BCUT2D eigenvalue weighted by Crippen LogP contribution is -2.38. The Morgan fingerprint density at radius 3 is 2.47 bits per heavy atom. The number of amides is 1. The summed E-state index contributed by atoms with van der Waals surface area (Å²) in [6.45, 7) is 5.49. The second-order valence-corrected chi connectivity index (χ2v) is 8.21. The zero-order valence-electron chi connectivity index (χ0n) is 17.9. The number of carbonyl (C=O) groups excluding carboxylic acids is 2. The van der Waals surface area contributed by atoms with Gasteiger partial charge in [0.2, 0.25) is 0 Å².